The zero-order valence-electron chi connectivity index (χ0n) is 9.60. The van der Waals surface area contributed by atoms with Gasteiger partial charge in [-0.25, -0.2) is 0 Å². The number of rotatable bonds is 2. The predicted octanol–water partition coefficient (Wildman–Crippen LogP) is 2.70. The Kier molecular flexibility index (Phi) is 2.86. The monoisotopic (exact) mass is 219 g/mol. The van der Waals surface area contributed by atoms with E-state index in [-0.39, 0.29) is 12.0 Å². The van der Waals surface area contributed by atoms with Gasteiger partial charge in [0.15, 0.2) is 0 Å². The van der Waals surface area contributed by atoms with Crippen molar-refractivity contribution in [1.82, 2.24) is 0 Å². The van der Waals surface area contributed by atoms with Crippen LogP contribution >= 0.6 is 0 Å². The second-order valence-electron chi connectivity index (χ2n) is 4.71. The highest BCUT2D eigenvalue weighted by molar-refractivity contribution is 5.80. The first-order valence-corrected chi connectivity index (χ1v) is 5.68. The molecule has 3 nitrogen and oxygen atoms in total. The number of para-hydroxylation sites is 1. The lowest BCUT2D eigenvalue weighted by Gasteiger charge is -2.33. The highest BCUT2D eigenvalue weighted by atomic mass is 16.4. The number of fused-ring (bicyclic) bond motifs is 1. The van der Waals surface area contributed by atoms with Crippen LogP contribution in [0.5, 0.6) is 0 Å². The summed E-state index contributed by atoms with van der Waals surface area (Å²) in [5.74, 6) is -0.653. The number of carboxylic acids is 1. The van der Waals surface area contributed by atoms with E-state index in [4.69, 9.17) is 0 Å². The van der Waals surface area contributed by atoms with Crippen LogP contribution in [0, 0.1) is 5.92 Å². The number of anilines is 1. The summed E-state index contributed by atoms with van der Waals surface area (Å²) in [5, 5.41) is 12.7. The van der Waals surface area contributed by atoms with Crippen molar-refractivity contribution in [2.75, 3.05) is 5.32 Å². The zero-order valence-corrected chi connectivity index (χ0v) is 9.60. The largest absolute Gasteiger partial charge is 0.481 e. The number of carboxylic acid groups (broad SMARTS) is 1. The molecule has 3 heteroatoms. The van der Waals surface area contributed by atoms with Crippen molar-refractivity contribution >= 4 is 11.7 Å². The predicted molar refractivity (Wildman–Crippen MR) is 63.7 cm³/mol. The first-order chi connectivity index (χ1) is 7.59. The van der Waals surface area contributed by atoms with Gasteiger partial charge < -0.3 is 10.4 Å². The molecule has 0 saturated heterocycles. The Morgan fingerprint density at radius 1 is 1.44 bits per heavy atom. The third kappa shape index (κ3) is 1.90. The van der Waals surface area contributed by atoms with Gasteiger partial charge in [0, 0.05) is 11.7 Å². The van der Waals surface area contributed by atoms with Gasteiger partial charge in [-0.2, -0.15) is 0 Å². The van der Waals surface area contributed by atoms with Crippen LogP contribution in [-0.2, 0) is 4.79 Å². The Hall–Kier alpha value is -1.51. The van der Waals surface area contributed by atoms with Gasteiger partial charge in [-0.15, -0.1) is 0 Å². The molecule has 1 aromatic carbocycles. The standard InChI is InChI=1S/C13H17NO2/c1-8(2)12-7-10(13(15)16)9-5-3-4-6-11(9)14-12/h3-6,8,10,12,14H,7H2,1-2H3,(H,15,16)/t10-,12+/m1/s1. The molecule has 0 bridgehead atoms. The van der Waals surface area contributed by atoms with Crippen LogP contribution in [-0.4, -0.2) is 17.1 Å². The van der Waals surface area contributed by atoms with Gasteiger partial charge in [0.1, 0.15) is 0 Å². The fraction of sp³-hybridized carbons (Fsp3) is 0.462. The summed E-state index contributed by atoms with van der Waals surface area (Å²) in [5.41, 5.74) is 1.88. The molecule has 2 atom stereocenters. The minimum absolute atomic E-state index is 0.246. The molecule has 2 N–H and O–H groups in total. The van der Waals surface area contributed by atoms with E-state index in [1.54, 1.807) is 0 Å². The maximum atomic E-state index is 11.3. The van der Waals surface area contributed by atoms with E-state index in [1.807, 2.05) is 24.3 Å². The third-order valence-electron chi connectivity index (χ3n) is 3.27. The van der Waals surface area contributed by atoms with E-state index >= 15 is 0 Å². The second kappa shape index (κ2) is 4.16. The fourth-order valence-corrected chi connectivity index (χ4v) is 2.24. The van der Waals surface area contributed by atoms with Crippen molar-refractivity contribution in [2.24, 2.45) is 5.92 Å². The molecule has 2 rings (SSSR count). The molecular weight excluding hydrogens is 202 g/mol. The van der Waals surface area contributed by atoms with Crippen LogP contribution in [0.3, 0.4) is 0 Å². The summed E-state index contributed by atoms with van der Waals surface area (Å²) in [6, 6.07) is 7.94. The minimum Gasteiger partial charge on any atom is -0.481 e. The van der Waals surface area contributed by atoms with Crippen LogP contribution in [0.2, 0.25) is 0 Å². The molecule has 1 aliphatic heterocycles. The minimum atomic E-state index is -0.723. The average molecular weight is 219 g/mol. The Morgan fingerprint density at radius 2 is 2.12 bits per heavy atom. The average Bonchev–Trinajstić information content (AvgIpc) is 2.27. The van der Waals surface area contributed by atoms with Crippen molar-refractivity contribution in [3.05, 3.63) is 29.8 Å². The molecular formula is C13H17NO2. The lowest BCUT2D eigenvalue weighted by Crippen LogP contribution is -2.34. The van der Waals surface area contributed by atoms with Gasteiger partial charge in [0.05, 0.1) is 5.92 Å². The molecule has 1 heterocycles. The lowest BCUT2D eigenvalue weighted by molar-refractivity contribution is -0.139. The molecule has 0 amide bonds. The number of carbonyl (C=O) groups is 1. The Morgan fingerprint density at radius 3 is 2.75 bits per heavy atom. The summed E-state index contributed by atoms with van der Waals surface area (Å²) in [6.45, 7) is 4.23. The topological polar surface area (TPSA) is 49.3 Å². The molecule has 0 fully saturated rings. The first-order valence-electron chi connectivity index (χ1n) is 5.68. The summed E-state index contributed by atoms with van der Waals surface area (Å²) in [4.78, 5) is 11.3. The Balaban J connectivity index is 2.37. The summed E-state index contributed by atoms with van der Waals surface area (Å²) in [7, 11) is 0. The summed E-state index contributed by atoms with van der Waals surface area (Å²) in [6.07, 6.45) is 0.671. The van der Waals surface area contributed by atoms with E-state index in [0.717, 1.165) is 11.3 Å². The third-order valence-corrected chi connectivity index (χ3v) is 3.27. The van der Waals surface area contributed by atoms with Crippen LogP contribution < -0.4 is 5.32 Å². The van der Waals surface area contributed by atoms with E-state index < -0.39 is 5.97 Å². The Labute approximate surface area is 95.5 Å². The molecule has 0 aromatic heterocycles. The molecule has 0 saturated carbocycles. The molecule has 0 radical (unpaired) electrons. The van der Waals surface area contributed by atoms with E-state index in [0.29, 0.717) is 12.3 Å². The van der Waals surface area contributed by atoms with Crippen molar-refractivity contribution in [3.8, 4) is 0 Å². The van der Waals surface area contributed by atoms with Gasteiger partial charge in [-0.05, 0) is 24.0 Å². The van der Waals surface area contributed by atoms with Crippen molar-refractivity contribution < 1.29 is 9.90 Å². The number of benzene rings is 1. The van der Waals surface area contributed by atoms with E-state index in [1.165, 1.54) is 0 Å². The smallest absolute Gasteiger partial charge is 0.311 e. The van der Waals surface area contributed by atoms with Gasteiger partial charge in [0.2, 0.25) is 0 Å². The van der Waals surface area contributed by atoms with Crippen LogP contribution in [0.15, 0.2) is 24.3 Å². The molecule has 1 aliphatic rings. The summed E-state index contributed by atoms with van der Waals surface area (Å²) < 4.78 is 0. The maximum Gasteiger partial charge on any atom is 0.311 e. The van der Waals surface area contributed by atoms with Crippen molar-refractivity contribution in [3.63, 3.8) is 0 Å². The maximum absolute atomic E-state index is 11.3. The number of hydrogen-bond acceptors (Lipinski definition) is 2. The van der Waals surface area contributed by atoms with E-state index in [9.17, 15) is 9.90 Å². The second-order valence-corrected chi connectivity index (χ2v) is 4.71. The summed E-state index contributed by atoms with van der Waals surface area (Å²) >= 11 is 0. The molecule has 0 aliphatic carbocycles. The molecule has 1 aromatic rings. The molecule has 16 heavy (non-hydrogen) atoms. The fourth-order valence-electron chi connectivity index (χ4n) is 2.24. The van der Waals surface area contributed by atoms with Gasteiger partial charge >= 0.3 is 5.97 Å². The quantitative estimate of drug-likeness (QED) is 0.804. The molecule has 0 unspecified atom stereocenters. The lowest BCUT2D eigenvalue weighted by atomic mass is 9.83. The SMILES string of the molecule is CC(C)[C@@H]1C[C@@H](C(=O)O)c2ccccc2N1. The van der Waals surface area contributed by atoms with Gasteiger partial charge in [-0.3, -0.25) is 4.79 Å². The van der Waals surface area contributed by atoms with Crippen LogP contribution in [0.4, 0.5) is 5.69 Å². The highest BCUT2D eigenvalue weighted by Gasteiger charge is 2.32. The number of aliphatic carboxylic acids is 1. The molecule has 86 valence electrons. The first kappa shape index (κ1) is 11.0. The van der Waals surface area contributed by atoms with Crippen LogP contribution in [0.25, 0.3) is 0 Å². The van der Waals surface area contributed by atoms with Crippen LogP contribution in [0.1, 0.15) is 31.7 Å². The normalized spacial score (nSPS) is 23.7. The van der Waals surface area contributed by atoms with Gasteiger partial charge in [-0.1, -0.05) is 32.0 Å². The molecule has 0 spiro atoms. The zero-order chi connectivity index (χ0) is 11.7. The Bertz CT molecular complexity index is 401. The number of hydrogen-bond donors (Lipinski definition) is 2. The van der Waals surface area contributed by atoms with Crippen molar-refractivity contribution in [1.29, 1.82) is 0 Å². The highest BCUT2D eigenvalue weighted by Crippen LogP contribution is 2.36. The van der Waals surface area contributed by atoms with E-state index in [2.05, 4.69) is 19.2 Å². The van der Waals surface area contributed by atoms with Crippen molar-refractivity contribution in [2.45, 2.75) is 32.2 Å². The van der Waals surface area contributed by atoms with Gasteiger partial charge in [0.25, 0.3) is 0 Å². The number of nitrogens with one attached hydrogen (secondary N) is 1.